The molecule has 0 fully saturated rings. The van der Waals surface area contributed by atoms with Crippen LogP contribution in [0.1, 0.15) is 21.7 Å². The molecule has 136 valence electrons. The molecule has 2 heterocycles. The van der Waals surface area contributed by atoms with Crippen LogP contribution in [0.3, 0.4) is 0 Å². The van der Waals surface area contributed by atoms with Gasteiger partial charge in [0.1, 0.15) is 23.4 Å². The van der Waals surface area contributed by atoms with Crippen molar-refractivity contribution in [2.45, 2.75) is 0 Å². The first kappa shape index (κ1) is 18.2. The van der Waals surface area contributed by atoms with Crippen molar-refractivity contribution in [3.05, 3.63) is 87.5 Å². The van der Waals surface area contributed by atoms with Crippen molar-refractivity contribution in [2.75, 3.05) is 5.32 Å². The van der Waals surface area contributed by atoms with Gasteiger partial charge in [-0.25, -0.2) is 9.97 Å². The Labute approximate surface area is 176 Å². The van der Waals surface area contributed by atoms with Crippen LogP contribution in [0.25, 0.3) is 11.0 Å². The molecule has 2 aromatic heterocycles. The molecule has 4 aromatic rings. The lowest BCUT2D eigenvalue weighted by Crippen LogP contribution is -2.15. The summed E-state index contributed by atoms with van der Waals surface area (Å²) >= 11 is 2.23. The molecule has 5 nitrogen and oxygen atoms in total. The fourth-order valence-electron chi connectivity index (χ4n) is 2.83. The number of halogens is 1. The number of aryl methyl sites for hydroxylation is 1. The van der Waals surface area contributed by atoms with Crippen molar-refractivity contribution >= 4 is 45.2 Å². The second-order valence-electron chi connectivity index (χ2n) is 6.13. The van der Waals surface area contributed by atoms with Gasteiger partial charge in [0.25, 0.3) is 5.91 Å². The Kier molecular flexibility index (Phi) is 5.08. The van der Waals surface area contributed by atoms with Crippen molar-refractivity contribution in [3.63, 3.8) is 0 Å². The average Bonchev–Trinajstić information content (AvgIpc) is 3.06. The van der Waals surface area contributed by atoms with Crippen LogP contribution in [0.4, 0.5) is 5.69 Å². The van der Waals surface area contributed by atoms with Gasteiger partial charge in [-0.15, -0.1) is 0 Å². The zero-order valence-electron chi connectivity index (χ0n) is 15.0. The maximum absolute atomic E-state index is 12.8. The molecule has 0 aliphatic heterocycles. The van der Waals surface area contributed by atoms with Gasteiger partial charge < -0.3 is 9.88 Å². The number of carbonyl (C=O) groups excluding carboxylic acids is 1. The highest BCUT2D eigenvalue weighted by molar-refractivity contribution is 14.1. The van der Waals surface area contributed by atoms with Gasteiger partial charge in [0.05, 0.1) is 5.39 Å². The molecule has 1 amide bonds. The number of aromatic nitrogens is 3. The summed E-state index contributed by atoms with van der Waals surface area (Å²) in [5.74, 6) is 5.99. The summed E-state index contributed by atoms with van der Waals surface area (Å²) in [4.78, 5) is 21.4. The van der Waals surface area contributed by atoms with Crippen LogP contribution in [0, 0.1) is 15.4 Å². The smallest absolute Gasteiger partial charge is 0.272 e. The molecule has 0 atom stereocenters. The van der Waals surface area contributed by atoms with E-state index in [2.05, 4.69) is 49.7 Å². The Morgan fingerprint density at radius 2 is 1.79 bits per heavy atom. The third-order valence-electron chi connectivity index (χ3n) is 4.26. The van der Waals surface area contributed by atoms with Crippen LogP contribution in [0.2, 0.25) is 0 Å². The van der Waals surface area contributed by atoms with Gasteiger partial charge in [0, 0.05) is 21.9 Å². The van der Waals surface area contributed by atoms with Crippen molar-refractivity contribution < 1.29 is 4.79 Å². The number of carbonyl (C=O) groups is 1. The van der Waals surface area contributed by atoms with Gasteiger partial charge >= 0.3 is 0 Å². The third-order valence-corrected chi connectivity index (χ3v) is 4.98. The maximum atomic E-state index is 12.8. The number of nitrogens with zero attached hydrogens (tertiary/aromatic N) is 3. The molecule has 0 aliphatic carbocycles. The first-order chi connectivity index (χ1) is 13.6. The van der Waals surface area contributed by atoms with Gasteiger partial charge in [-0.2, -0.15) is 0 Å². The molecule has 6 heteroatoms. The molecule has 0 saturated heterocycles. The van der Waals surface area contributed by atoms with Gasteiger partial charge in [-0.3, -0.25) is 4.79 Å². The topological polar surface area (TPSA) is 59.8 Å². The zero-order chi connectivity index (χ0) is 19.5. The van der Waals surface area contributed by atoms with Crippen LogP contribution in [-0.2, 0) is 7.05 Å². The number of rotatable bonds is 2. The van der Waals surface area contributed by atoms with E-state index in [1.165, 1.54) is 6.33 Å². The Morgan fingerprint density at radius 1 is 1.04 bits per heavy atom. The monoisotopic (exact) mass is 478 g/mol. The average molecular weight is 478 g/mol. The quantitative estimate of drug-likeness (QED) is 0.347. The second-order valence-corrected chi connectivity index (χ2v) is 7.37. The van der Waals surface area contributed by atoms with Crippen molar-refractivity contribution in [1.82, 2.24) is 14.5 Å². The molecule has 0 spiro atoms. The first-order valence-electron chi connectivity index (χ1n) is 8.56. The summed E-state index contributed by atoms with van der Waals surface area (Å²) < 4.78 is 2.87. The van der Waals surface area contributed by atoms with E-state index in [4.69, 9.17) is 0 Å². The van der Waals surface area contributed by atoms with E-state index >= 15 is 0 Å². The lowest BCUT2D eigenvalue weighted by atomic mass is 10.2. The van der Waals surface area contributed by atoms with Crippen LogP contribution in [0.15, 0.2) is 67.0 Å². The Balaban J connectivity index is 1.69. The minimum absolute atomic E-state index is 0.205. The van der Waals surface area contributed by atoms with Crippen molar-refractivity contribution in [1.29, 1.82) is 0 Å². The maximum Gasteiger partial charge on any atom is 0.272 e. The molecule has 0 radical (unpaired) electrons. The summed E-state index contributed by atoms with van der Waals surface area (Å²) in [6.07, 6.45) is 1.47. The summed E-state index contributed by atoms with van der Waals surface area (Å²) in [7, 11) is 1.81. The molecule has 0 aliphatic rings. The molecule has 0 bridgehead atoms. The summed E-state index contributed by atoms with van der Waals surface area (Å²) in [6.45, 7) is 0. The fraction of sp³-hybridized carbons (Fsp3) is 0.0455. The molecule has 2 aromatic carbocycles. The predicted octanol–water partition coefficient (Wildman–Crippen LogP) is 4.23. The number of nitrogens with one attached hydrogen (secondary N) is 1. The summed E-state index contributed by atoms with van der Waals surface area (Å²) in [5, 5.41) is 3.67. The Morgan fingerprint density at radius 3 is 2.54 bits per heavy atom. The second kappa shape index (κ2) is 7.82. The lowest BCUT2D eigenvalue weighted by Gasteiger charge is -2.06. The van der Waals surface area contributed by atoms with E-state index < -0.39 is 0 Å². The largest absolute Gasteiger partial charge is 0.324 e. The van der Waals surface area contributed by atoms with E-state index in [1.54, 1.807) is 10.6 Å². The zero-order valence-corrected chi connectivity index (χ0v) is 17.1. The first-order valence-corrected chi connectivity index (χ1v) is 9.64. The summed E-state index contributed by atoms with van der Waals surface area (Å²) in [5.41, 5.74) is 3.41. The Hall–Kier alpha value is -3.18. The van der Waals surface area contributed by atoms with Crippen molar-refractivity contribution in [2.24, 2.45) is 7.05 Å². The highest BCUT2D eigenvalue weighted by atomic mass is 127. The van der Waals surface area contributed by atoms with Crippen LogP contribution in [0.5, 0.6) is 0 Å². The standard InChI is InChI=1S/C22H15IN4O/c1-27-20(22(28)26-17-10-8-16(23)9-11-17)13-18-19(24-14-25-21(18)27)12-7-15-5-3-2-4-6-15/h2-6,8-11,13-14H,1H3,(H,26,28). The third kappa shape index (κ3) is 3.75. The van der Waals surface area contributed by atoms with E-state index in [-0.39, 0.29) is 5.91 Å². The minimum Gasteiger partial charge on any atom is -0.324 e. The number of anilines is 1. The number of hydrogen-bond acceptors (Lipinski definition) is 3. The predicted molar refractivity (Wildman–Crippen MR) is 118 cm³/mol. The normalized spacial score (nSPS) is 10.4. The molecule has 0 saturated carbocycles. The molecule has 0 unspecified atom stereocenters. The molecule has 1 N–H and O–H groups in total. The van der Waals surface area contributed by atoms with E-state index in [9.17, 15) is 4.79 Å². The van der Waals surface area contributed by atoms with Crippen LogP contribution < -0.4 is 5.32 Å². The van der Waals surface area contributed by atoms with E-state index in [0.717, 1.165) is 20.2 Å². The SMILES string of the molecule is Cn1c(C(=O)Nc2ccc(I)cc2)cc2c(C#Cc3ccccc3)ncnc21. The van der Waals surface area contributed by atoms with Gasteiger partial charge in [-0.05, 0) is 71.0 Å². The molecular formula is C22H15IN4O. The van der Waals surface area contributed by atoms with Crippen molar-refractivity contribution in [3.8, 4) is 11.8 Å². The summed E-state index contributed by atoms with van der Waals surface area (Å²) in [6, 6.07) is 19.1. The highest BCUT2D eigenvalue weighted by Crippen LogP contribution is 2.20. The molecule has 28 heavy (non-hydrogen) atoms. The number of hydrogen-bond donors (Lipinski definition) is 1. The Bertz CT molecular complexity index is 1220. The number of benzene rings is 2. The van der Waals surface area contributed by atoms with Crippen LogP contribution >= 0.6 is 22.6 Å². The number of fused-ring (bicyclic) bond motifs is 1. The number of amides is 1. The molecular weight excluding hydrogens is 463 g/mol. The van der Waals surface area contributed by atoms with Gasteiger partial charge in [0.2, 0.25) is 0 Å². The molecule has 4 rings (SSSR count). The van der Waals surface area contributed by atoms with E-state index in [0.29, 0.717) is 17.0 Å². The van der Waals surface area contributed by atoms with E-state index in [1.807, 2.05) is 61.6 Å². The minimum atomic E-state index is -0.205. The van der Waals surface area contributed by atoms with Gasteiger partial charge in [-0.1, -0.05) is 24.1 Å². The highest BCUT2D eigenvalue weighted by Gasteiger charge is 2.16. The fourth-order valence-corrected chi connectivity index (χ4v) is 3.19. The van der Waals surface area contributed by atoms with Gasteiger partial charge in [0.15, 0.2) is 0 Å². The van der Waals surface area contributed by atoms with Crippen LogP contribution in [-0.4, -0.2) is 20.4 Å². The lowest BCUT2D eigenvalue weighted by molar-refractivity contribution is 0.101.